The van der Waals surface area contributed by atoms with E-state index in [0.29, 0.717) is 29.6 Å². The van der Waals surface area contributed by atoms with Gasteiger partial charge in [0.25, 0.3) is 0 Å². The lowest BCUT2D eigenvalue weighted by molar-refractivity contribution is -0.129. The highest BCUT2D eigenvalue weighted by molar-refractivity contribution is 8.02. The van der Waals surface area contributed by atoms with Crippen LogP contribution in [0.2, 0.25) is 5.02 Å². The summed E-state index contributed by atoms with van der Waals surface area (Å²) in [7, 11) is 0. The van der Waals surface area contributed by atoms with E-state index < -0.39 is 0 Å². The Morgan fingerprint density at radius 1 is 1.07 bits per heavy atom. The average Bonchev–Trinajstić information content (AvgIpc) is 3.04. The van der Waals surface area contributed by atoms with Gasteiger partial charge < -0.3 is 4.90 Å². The molecule has 2 aromatic carbocycles. The van der Waals surface area contributed by atoms with Crippen LogP contribution in [0.3, 0.4) is 0 Å². The van der Waals surface area contributed by atoms with Gasteiger partial charge in [0.05, 0.1) is 16.4 Å². The molecule has 0 unspecified atom stereocenters. The molecule has 2 aliphatic heterocycles. The quantitative estimate of drug-likeness (QED) is 0.665. The van der Waals surface area contributed by atoms with Gasteiger partial charge in [-0.05, 0) is 49.2 Å². The van der Waals surface area contributed by atoms with E-state index in [0.717, 1.165) is 23.4 Å². The molecule has 1 spiro atoms. The lowest BCUT2D eigenvalue weighted by Crippen LogP contribution is -2.53. The molecule has 0 N–H and O–H groups in total. The van der Waals surface area contributed by atoms with Gasteiger partial charge in [-0.3, -0.25) is 14.5 Å². The molecule has 2 aromatic rings. The summed E-state index contributed by atoms with van der Waals surface area (Å²) in [5, 5.41) is 0.661. The van der Waals surface area contributed by atoms with E-state index >= 15 is 0 Å². The zero-order valence-corrected chi connectivity index (χ0v) is 17.7. The lowest BCUT2D eigenvalue weighted by atomic mass is 10.0. The molecule has 146 valence electrons. The fourth-order valence-electron chi connectivity index (χ4n) is 3.75. The van der Waals surface area contributed by atoms with Crippen LogP contribution in [0.15, 0.2) is 59.5 Å². The maximum atomic E-state index is 12.6. The van der Waals surface area contributed by atoms with Gasteiger partial charge in [-0.2, -0.15) is 0 Å². The summed E-state index contributed by atoms with van der Waals surface area (Å²) in [5.74, 6) is 1.23. The van der Waals surface area contributed by atoms with Crippen molar-refractivity contribution in [3.05, 3.63) is 59.6 Å². The van der Waals surface area contributed by atoms with E-state index in [1.807, 2.05) is 64.4 Å². The second-order valence-electron chi connectivity index (χ2n) is 6.92. The zero-order chi connectivity index (χ0) is 19.6. The van der Waals surface area contributed by atoms with Crippen molar-refractivity contribution in [2.45, 2.75) is 22.6 Å². The van der Waals surface area contributed by atoms with Crippen molar-refractivity contribution in [3.8, 4) is 0 Å². The van der Waals surface area contributed by atoms with Gasteiger partial charge in [0.1, 0.15) is 0 Å². The minimum Gasteiger partial charge on any atom is -0.342 e. The van der Waals surface area contributed by atoms with Gasteiger partial charge in [0, 0.05) is 28.7 Å². The van der Waals surface area contributed by atoms with Crippen molar-refractivity contribution >= 4 is 52.6 Å². The van der Waals surface area contributed by atoms with Crippen molar-refractivity contribution in [1.82, 2.24) is 4.90 Å². The summed E-state index contributed by atoms with van der Waals surface area (Å²) >= 11 is 9.28. The van der Waals surface area contributed by atoms with Crippen molar-refractivity contribution < 1.29 is 9.59 Å². The van der Waals surface area contributed by atoms with Gasteiger partial charge in [0.15, 0.2) is 0 Å². The molecule has 0 aromatic heterocycles. The SMILES string of the molecule is O=C(CSc1ccccc1)N1CCC2(CC1)SCC(=O)N2c1ccc(Cl)cc1. The van der Waals surface area contributed by atoms with Crippen LogP contribution < -0.4 is 4.90 Å². The van der Waals surface area contributed by atoms with Crippen LogP contribution in [0.4, 0.5) is 5.69 Å². The normalized spacial score (nSPS) is 18.7. The van der Waals surface area contributed by atoms with E-state index in [-0.39, 0.29) is 16.7 Å². The Morgan fingerprint density at radius 3 is 2.43 bits per heavy atom. The highest BCUT2D eigenvalue weighted by Gasteiger charge is 2.49. The number of hydrogen-bond donors (Lipinski definition) is 0. The number of carbonyl (C=O) groups excluding carboxylic acids is 2. The molecule has 4 nitrogen and oxygen atoms in total. The molecule has 2 saturated heterocycles. The Morgan fingerprint density at radius 2 is 1.75 bits per heavy atom. The van der Waals surface area contributed by atoms with Crippen molar-refractivity contribution in [3.63, 3.8) is 0 Å². The summed E-state index contributed by atoms with van der Waals surface area (Å²) < 4.78 is 0. The number of piperidine rings is 1. The van der Waals surface area contributed by atoms with E-state index in [4.69, 9.17) is 11.6 Å². The molecule has 2 amide bonds. The molecule has 0 bridgehead atoms. The van der Waals surface area contributed by atoms with Gasteiger partial charge in [-0.15, -0.1) is 23.5 Å². The standard InChI is InChI=1S/C21H21ClN2O2S2/c22-16-6-8-17(9-7-16)24-20(26)15-28-21(24)10-12-23(13-11-21)19(25)14-27-18-4-2-1-3-5-18/h1-9H,10-15H2. The second kappa shape index (κ2) is 8.39. The fourth-order valence-corrected chi connectivity index (χ4v) is 6.03. The first-order valence-corrected chi connectivity index (χ1v) is 11.6. The highest BCUT2D eigenvalue weighted by Crippen LogP contribution is 2.47. The molecule has 4 rings (SSSR count). The molecule has 0 aliphatic carbocycles. The minimum absolute atomic E-state index is 0.131. The van der Waals surface area contributed by atoms with Gasteiger partial charge in [-0.25, -0.2) is 0 Å². The minimum atomic E-state index is -0.256. The van der Waals surface area contributed by atoms with Gasteiger partial charge in [0.2, 0.25) is 11.8 Å². The van der Waals surface area contributed by atoms with E-state index in [1.54, 1.807) is 23.5 Å². The summed E-state index contributed by atoms with van der Waals surface area (Å²) in [6.07, 6.45) is 1.57. The zero-order valence-electron chi connectivity index (χ0n) is 15.3. The highest BCUT2D eigenvalue weighted by atomic mass is 35.5. The summed E-state index contributed by atoms with van der Waals surface area (Å²) in [5.41, 5.74) is 0.888. The number of likely N-dealkylation sites (tertiary alicyclic amines) is 1. The number of nitrogens with zero attached hydrogens (tertiary/aromatic N) is 2. The molecule has 0 radical (unpaired) electrons. The monoisotopic (exact) mass is 432 g/mol. The van der Waals surface area contributed by atoms with Gasteiger partial charge >= 0.3 is 0 Å². The molecule has 0 atom stereocenters. The molecule has 28 heavy (non-hydrogen) atoms. The van der Waals surface area contributed by atoms with Crippen LogP contribution >= 0.6 is 35.1 Å². The molecule has 2 heterocycles. The van der Waals surface area contributed by atoms with E-state index in [1.165, 1.54) is 0 Å². The Bertz CT molecular complexity index is 852. The number of hydrogen-bond acceptors (Lipinski definition) is 4. The van der Waals surface area contributed by atoms with Crippen LogP contribution in [-0.4, -0.2) is 46.2 Å². The van der Waals surface area contributed by atoms with Gasteiger partial charge in [-0.1, -0.05) is 29.8 Å². The topological polar surface area (TPSA) is 40.6 Å². The second-order valence-corrected chi connectivity index (χ2v) is 9.75. The first-order chi connectivity index (χ1) is 13.6. The Labute approximate surface area is 178 Å². The number of benzene rings is 2. The van der Waals surface area contributed by atoms with Crippen LogP contribution in [0.1, 0.15) is 12.8 Å². The fraction of sp³-hybridized carbons (Fsp3) is 0.333. The molecule has 2 fully saturated rings. The van der Waals surface area contributed by atoms with Crippen LogP contribution in [-0.2, 0) is 9.59 Å². The van der Waals surface area contributed by atoms with Crippen molar-refractivity contribution in [2.24, 2.45) is 0 Å². The molecule has 0 saturated carbocycles. The van der Waals surface area contributed by atoms with E-state index in [2.05, 4.69) is 0 Å². The first-order valence-electron chi connectivity index (χ1n) is 9.26. The third kappa shape index (κ3) is 4.04. The predicted octanol–water partition coefficient (Wildman–Crippen LogP) is 4.53. The number of anilines is 1. The van der Waals surface area contributed by atoms with Crippen molar-refractivity contribution in [2.75, 3.05) is 29.5 Å². The maximum Gasteiger partial charge on any atom is 0.238 e. The number of carbonyl (C=O) groups is 2. The largest absolute Gasteiger partial charge is 0.342 e. The van der Waals surface area contributed by atoms with Crippen LogP contribution in [0.25, 0.3) is 0 Å². The van der Waals surface area contributed by atoms with E-state index in [9.17, 15) is 9.59 Å². The van der Waals surface area contributed by atoms with Crippen molar-refractivity contribution in [1.29, 1.82) is 0 Å². The number of thioether (sulfide) groups is 2. The Kier molecular flexibility index (Phi) is 5.90. The number of halogens is 1. The molecule has 7 heteroatoms. The smallest absolute Gasteiger partial charge is 0.238 e. The first kappa shape index (κ1) is 19.7. The Hall–Kier alpha value is -1.63. The third-order valence-corrected chi connectivity index (χ3v) is 7.98. The lowest BCUT2D eigenvalue weighted by Gasteiger charge is -2.44. The Balaban J connectivity index is 1.40. The summed E-state index contributed by atoms with van der Waals surface area (Å²) in [6.45, 7) is 1.36. The predicted molar refractivity (Wildman–Crippen MR) is 117 cm³/mol. The number of rotatable bonds is 4. The number of amides is 2. The summed E-state index contributed by atoms with van der Waals surface area (Å²) in [4.78, 5) is 29.9. The average molecular weight is 433 g/mol. The molecular weight excluding hydrogens is 412 g/mol. The molecular formula is C21H21ClN2O2S2. The summed E-state index contributed by atoms with van der Waals surface area (Å²) in [6, 6.07) is 17.4. The van der Waals surface area contributed by atoms with Crippen LogP contribution in [0, 0.1) is 0 Å². The van der Waals surface area contributed by atoms with Crippen LogP contribution in [0.5, 0.6) is 0 Å². The molecule has 2 aliphatic rings. The maximum absolute atomic E-state index is 12.6. The third-order valence-electron chi connectivity index (χ3n) is 5.21.